The summed E-state index contributed by atoms with van der Waals surface area (Å²) < 4.78 is 0. The first-order chi connectivity index (χ1) is 6.09. The van der Waals surface area contributed by atoms with Gasteiger partial charge >= 0.3 is 57.4 Å². The van der Waals surface area contributed by atoms with Gasteiger partial charge in [-0.3, -0.25) is 14.9 Å². The summed E-state index contributed by atoms with van der Waals surface area (Å²) in [5.41, 5.74) is 0.521. The minimum absolute atomic E-state index is 0. The molecule has 0 atom stereocenters. The fourth-order valence-corrected chi connectivity index (χ4v) is 0.910. The zero-order valence-corrected chi connectivity index (χ0v) is 10.8. The van der Waals surface area contributed by atoms with Gasteiger partial charge in [0.1, 0.15) is 0 Å². The Labute approximate surface area is 124 Å². The second kappa shape index (κ2) is 6.26. The molecule has 14 heavy (non-hydrogen) atoms. The fraction of sp³-hybridized carbons (Fsp3) is 0.125. The monoisotopic (exact) mass is 221 g/mol. The van der Waals surface area contributed by atoms with Crippen LogP contribution in [0.2, 0.25) is 0 Å². The van der Waals surface area contributed by atoms with Crippen molar-refractivity contribution < 1.29 is 67.6 Å². The zero-order chi connectivity index (χ0) is 9.84. The number of benzene rings is 1. The van der Waals surface area contributed by atoms with Gasteiger partial charge in [0.15, 0.2) is 0 Å². The third-order valence-corrected chi connectivity index (χ3v) is 1.50. The van der Waals surface area contributed by atoms with E-state index in [-0.39, 0.29) is 64.9 Å². The molecule has 1 rings (SSSR count). The number of non-ortho nitro benzene ring substituents is 1. The summed E-state index contributed by atoms with van der Waals surface area (Å²) in [6.45, 7) is 0. The minimum atomic E-state index is -0.950. The van der Waals surface area contributed by atoms with Gasteiger partial charge in [-0.2, -0.15) is 0 Å². The Kier molecular flexibility index (Phi) is 6.13. The molecule has 0 aromatic heterocycles. The van der Waals surface area contributed by atoms with Crippen LogP contribution in [0.3, 0.4) is 0 Å². The van der Waals surface area contributed by atoms with E-state index in [1.165, 1.54) is 24.3 Å². The maximum atomic E-state index is 10.3. The molecule has 0 saturated heterocycles. The molecule has 0 aliphatic carbocycles. The van der Waals surface area contributed by atoms with Crippen LogP contribution >= 0.6 is 0 Å². The molecule has 1 N–H and O–H groups in total. The average Bonchev–Trinajstić information content (AvgIpc) is 2.04. The van der Waals surface area contributed by atoms with Crippen molar-refractivity contribution in [3.63, 3.8) is 0 Å². The first-order valence-corrected chi connectivity index (χ1v) is 3.54. The van der Waals surface area contributed by atoms with Gasteiger partial charge in [-0.1, -0.05) is 12.1 Å². The van der Waals surface area contributed by atoms with Gasteiger partial charge in [-0.25, -0.2) is 0 Å². The van der Waals surface area contributed by atoms with Gasteiger partial charge in [0.25, 0.3) is 5.69 Å². The van der Waals surface area contributed by atoms with Crippen LogP contribution in [0.4, 0.5) is 5.69 Å². The summed E-state index contributed by atoms with van der Waals surface area (Å²) in [5.74, 6) is -0.950. The number of carboxylic acids is 1. The summed E-state index contributed by atoms with van der Waals surface area (Å²) in [6, 6.07) is 5.45. The second-order valence-electron chi connectivity index (χ2n) is 2.49. The molecular formula is C8H8KNO4. The molecule has 0 radical (unpaired) electrons. The standard InChI is InChI=1S/C8H7NO4.K.H/c10-8(11)5-6-1-3-7(4-2-6)9(12)13;;/h1-4H,5H2,(H,10,11);;/q;+1;-1. The SMILES string of the molecule is O=C(O)Cc1ccc([N+](=O)[O-])cc1.[H-].[K+]. The van der Waals surface area contributed by atoms with E-state index in [9.17, 15) is 14.9 Å². The van der Waals surface area contributed by atoms with E-state index in [0.29, 0.717) is 5.56 Å². The quantitative estimate of drug-likeness (QED) is 0.376. The van der Waals surface area contributed by atoms with Gasteiger partial charge in [-0.15, -0.1) is 0 Å². The van der Waals surface area contributed by atoms with Gasteiger partial charge in [0, 0.05) is 12.1 Å². The van der Waals surface area contributed by atoms with E-state index >= 15 is 0 Å². The molecule has 0 heterocycles. The van der Waals surface area contributed by atoms with E-state index in [0.717, 1.165) is 0 Å². The molecule has 0 amide bonds. The molecule has 1 aromatic carbocycles. The number of rotatable bonds is 3. The number of hydrogen-bond donors (Lipinski definition) is 1. The number of nitrogens with zero attached hydrogens (tertiary/aromatic N) is 1. The van der Waals surface area contributed by atoms with E-state index in [1.54, 1.807) is 0 Å². The number of carboxylic acid groups (broad SMARTS) is 1. The maximum absolute atomic E-state index is 10.3. The van der Waals surface area contributed by atoms with Crippen LogP contribution in [0.15, 0.2) is 24.3 Å². The van der Waals surface area contributed by atoms with Crippen molar-refractivity contribution in [2.75, 3.05) is 0 Å². The van der Waals surface area contributed by atoms with E-state index in [4.69, 9.17) is 5.11 Å². The van der Waals surface area contributed by atoms with Crippen LogP contribution in [0.5, 0.6) is 0 Å². The third kappa shape index (κ3) is 4.29. The summed E-state index contributed by atoms with van der Waals surface area (Å²) in [7, 11) is 0. The Balaban J connectivity index is 0. The van der Waals surface area contributed by atoms with E-state index in [1.807, 2.05) is 0 Å². The zero-order valence-electron chi connectivity index (χ0n) is 8.64. The Hall–Kier alpha value is -0.274. The summed E-state index contributed by atoms with van der Waals surface area (Å²) in [6.07, 6.45) is -0.113. The molecule has 0 fully saturated rings. The third-order valence-electron chi connectivity index (χ3n) is 1.50. The summed E-state index contributed by atoms with van der Waals surface area (Å²) >= 11 is 0. The minimum Gasteiger partial charge on any atom is -1.00 e. The fourth-order valence-electron chi connectivity index (χ4n) is 0.910. The Morgan fingerprint density at radius 2 is 1.93 bits per heavy atom. The summed E-state index contributed by atoms with van der Waals surface area (Å²) in [5, 5.41) is 18.6. The van der Waals surface area contributed by atoms with Crippen LogP contribution in [-0.4, -0.2) is 16.0 Å². The Morgan fingerprint density at radius 1 is 1.43 bits per heavy atom. The average molecular weight is 221 g/mol. The number of hydrogen-bond acceptors (Lipinski definition) is 3. The topological polar surface area (TPSA) is 80.4 Å². The number of nitro benzene ring substituents is 1. The van der Waals surface area contributed by atoms with Crippen molar-refractivity contribution in [1.82, 2.24) is 0 Å². The second-order valence-corrected chi connectivity index (χ2v) is 2.49. The molecule has 0 aliphatic rings. The Bertz CT molecular complexity index is 341. The molecule has 0 bridgehead atoms. The first-order valence-electron chi connectivity index (χ1n) is 3.54. The van der Waals surface area contributed by atoms with E-state index in [2.05, 4.69) is 0 Å². The molecular weight excluding hydrogens is 213 g/mol. The van der Waals surface area contributed by atoms with Crippen LogP contribution in [0, 0.1) is 10.1 Å². The van der Waals surface area contributed by atoms with Crippen LogP contribution in [-0.2, 0) is 11.2 Å². The Morgan fingerprint density at radius 3 is 2.29 bits per heavy atom. The van der Waals surface area contributed by atoms with Crippen molar-refractivity contribution in [2.24, 2.45) is 0 Å². The normalized spacial score (nSPS) is 8.86. The van der Waals surface area contributed by atoms with Crippen LogP contribution in [0.25, 0.3) is 0 Å². The van der Waals surface area contributed by atoms with E-state index < -0.39 is 10.9 Å². The molecule has 0 unspecified atom stereocenters. The first kappa shape index (κ1) is 13.7. The van der Waals surface area contributed by atoms with Gasteiger partial charge < -0.3 is 6.53 Å². The van der Waals surface area contributed by atoms with Gasteiger partial charge in [-0.05, 0) is 5.56 Å². The predicted molar refractivity (Wildman–Crippen MR) is 45.5 cm³/mol. The van der Waals surface area contributed by atoms with Crippen molar-refractivity contribution in [1.29, 1.82) is 0 Å². The van der Waals surface area contributed by atoms with Gasteiger partial charge in [0.2, 0.25) is 0 Å². The van der Waals surface area contributed by atoms with Crippen molar-refractivity contribution >= 4 is 11.7 Å². The molecule has 0 spiro atoms. The molecule has 70 valence electrons. The van der Waals surface area contributed by atoms with Crippen LogP contribution in [0.1, 0.15) is 6.99 Å². The number of nitro groups is 1. The van der Waals surface area contributed by atoms with Crippen LogP contribution < -0.4 is 51.4 Å². The largest absolute Gasteiger partial charge is 1.00 e. The molecule has 0 aliphatic heterocycles. The number of aliphatic carboxylic acids is 1. The molecule has 6 heteroatoms. The predicted octanol–water partition coefficient (Wildman–Crippen LogP) is -1.66. The van der Waals surface area contributed by atoms with Gasteiger partial charge in [0.05, 0.1) is 11.3 Å². The smallest absolute Gasteiger partial charge is 1.00 e. The molecule has 1 aromatic rings. The molecule has 5 nitrogen and oxygen atoms in total. The molecule has 0 saturated carbocycles. The van der Waals surface area contributed by atoms with Crippen molar-refractivity contribution in [3.05, 3.63) is 39.9 Å². The van der Waals surface area contributed by atoms with Crippen molar-refractivity contribution in [3.8, 4) is 0 Å². The maximum Gasteiger partial charge on any atom is 1.00 e. The summed E-state index contributed by atoms with van der Waals surface area (Å²) in [4.78, 5) is 20.0. The van der Waals surface area contributed by atoms with Crippen molar-refractivity contribution in [2.45, 2.75) is 6.42 Å². The number of carbonyl (C=O) groups is 1.